The fraction of sp³-hybridized carbons (Fsp3) is 0. The molecule has 3 heterocycles. The fourth-order valence-electron chi connectivity index (χ4n) is 4.05. The van der Waals surface area contributed by atoms with E-state index in [9.17, 15) is 0 Å². The Kier molecular flexibility index (Phi) is 3.13. The van der Waals surface area contributed by atoms with Crippen molar-refractivity contribution < 1.29 is 0 Å². The number of hydrogen-bond donors (Lipinski definition) is 0. The lowest BCUT2D eigenvalue weighted by atomic mass is 9.90. The van der Waals surface area contributed by atoms with E-state index in [4.69, 9.17) is 9.97 Å². The minimum absolute atomic E-state index is 1.03. The van der Waals surface area contributed by atoms with Gasteiger partial charge >= 0.3 is 0 Å². The van der Waals surface area contributed by atoms with Gasteiger partial charge in [-0.2, -0.15) is 0 Å². The molecule has 126 valence electrons. The lowest BCUT2D eigenvalue weighted by Crippen LogP contribution is -2.03. The minimum atomic E-state index is 1.03. The summed E-state index contributed by atoms with van der Waals surface area (Å²) in [6.45, 7) is 0. The molecular weight excluding hydrogens is 348 g/mol. The number of rotatable bonds is 0. The van der Waals surface area contributed by atoms with Gasteiger partial charge in [0.25, 0.3) is 0 Å². The maximum Gasteiger partial charge on any atom is 0.0809 e. The summed E-state index contributed by atoms with van der Waals surface area (Å²) >= 11 is 1.83. The predicted molar refractivity (Wildman–Crippen MR) is 109 cm³/mol. The van der Waals surface area contributed by atoms with Crippen LogP contribution in [0.1, 0.15) is 22.5 Å². The highest BCUT2D eigenvalue weighted by molar-refractivity contribution is 7.99. The van der Waals surface area contributed by atoms with E-state index in [1.165, 1.54) is 26.5 Å². The van der Waals surface area contributed by atoms with Gasteiger partial charge in [-0.15, -0.1) is 0 Å². The number of pyridine rings is 2. The van der Waals surface area contributed by atoms with Gasteiger partial charge in [-0.05, 0) is 35.4 Å². The molecule has 0 saturated carbocycles. The summed E-state index contributed by atoms with van der Waals surface area (Å²) < 4.78 is 0. The van der Waals surface area contributed by atoms with E-state index in [2.05, 4.69) is 60.7 Å². The summed E-state index contributed by atoms with van der Waals surface area (Å²) in [5.74, 6) is 0. The quantitative estimate of drug-likeness (QED) is 0.335. The van der Waals surface area contributed by atoms with Gasteiger partial charge in [0.1, 0.15) is 0 Å². The van der Waals surface area contributed by atoms with Gasteiger partial charge in [0.15, 0.2) is 0 Å². The van der Waals surface area contributed by atoms with Crippen LogP contribution in [0.5, 0.6) is 0 Å². The fourth-order valence-corrected chi connectivity index (χ4v) is 5.14. The molecule has 0 N–H and O–H groups in total. The van der Waals surface area contributed by atoms with Crippen LogP contribution < -0.4 is 0 Å². The van der Waals surface area contributed by atoms with Crippen LogP contribution in [0.25, 0.3) is 22.3 Å². The highest BCUT2D eigenvalue weighted by Gasteiger charge is 2.32. The second-order valence-corrected chi connectivity index (χ2v) is 7.73. The molecule has 0 radical (unpaired) electrons. The van der Waals surface area contributed by atoms with E-state index in [-0.39, 0.29) is 0 Å². The first kappa shape index (κ1) is 14.9. The summed E-state index contributed by atoms with van der Waals surface area (Å²) in [4.78, 5) is 12.1. The average molecular weight is 362 g/mol. The first-order valence-electron chi connectivity index (χ1n) is 8.94. The Bertz CT molecular complexity index is 1160. The molecule has 1 aliphatic heterocycles. The molecule has 3 heteroatoms. The standard InChI is InChI=1S/C24H14N2S/c1-3-11-19-17(7-1)21(18-8-2-4-12-20(18)27-19)22-23-15(9-5-13-25-23)16-10-6-14-26-24(16)22/h1-14H. The lowest BCUT2D eigenvalue weighted by Gasteiger charge is -2.24. The van der Waals surface area contributed by atoms with Crippen molar-refractivity contribution >= 4 is 22.9 Å². The monoisotopic (exact) mass is 362 g/mol. The summed E-state index contributed by atoms with van der Waals surface area (Å²) in [7, 11) is 0. The molecule has 27 heavy (non-hydrogen) atoms. The Labute approximate surface area is 161 Å². The van der Waals surface area contributed by atoms with Crippen molar-refractivity contribution in [2.24, 2.45) is 0 Å². The molecule has 2 nitrogen and oxygen atoms in total. The molecule has 6 rings (SSSR count). The van der Waals surface area contributed by atoms with Crippen LogP contribution in [-0.2, 0) is 0 Å². The van der Waals surface area contributed by atoms with Crippen LogP contribution in [0.4, 0.5) is 0 Å². The van der Waals surface area contributed by atoms with E-state index in [1.807, 2.05) is 36.3 Å². The Hall–Kier alpha value is -3.17. The van der Waals surface area contributed by atoms with Crippen LogP contribution in [0.2, 0.25) is 0 Å². The summed E-state index contributed by atoms with van der Waals surface area (Å²) in [5, 5.41) is 0. The Morgan fingerprint density at radius 3 is 1.52 bits per heavy atom. The SMILES string of the molecule is c1ccc2c(c1)Sc1ccccc1C2=C1c2ncccc2-c2cccnc21. The Morgan fingerprint density at radius 1 is 0.481 bits per heavy atom. The van der Waals surface area contributed by atoms with E-state index in [1.54, 1.807) is 0 Å². The number of fused-ring (bicyclic) bond motifs is 5. The van der Waals surface area contributed by atoms with Crippen molar-refractivity contribution in [1.82, 2.24) is 9.97 Å². The van der Waals surface area contributed by atoms with Crippen molar-refractivity contribution in [1.29, 1.82) is 0 Å². The zero-order chi connectivity index (χ0) is 17.8. The highest BCUT2D eigenvalue weighted by atomic mass is 32.2. The van der Waals surface area contributed by atoms with Gasteiger partial charge in [0.2, 0.25) is 0 Å². The number of hydrogen-bond acceptors (Lipinski definition) is 3. The second-order valence-electron chi connectivity index (χ2n) is 6.64. The van der Waals surface area contributed by atoms with Crippen molar-refractivity contribution in [3.05, 3.63) is 108 Å². The molecule has 4 aromatic rings. The third-order valence-electron chi connectivity index (χ3n) is 5.16. The van der Waals surface area contributed by atoms with E-state index in [0.717, 1.165) is 28.1 Å². The highest BCUT2D eigenvalue weighted by Crippen LogP contribution is 2.52. The Balaban J connectivity index is 1.81. The number of benzene rings is 2. The predicted octanol–water partition coefficient (Wildman–Crippen LogP) is 5.93. The molecule has 2 aromatic heterocycles. The number of aromatic nitrogens is 2. The van der Waals surface area contributed by atoms with Crippen LogP contribution >= 0.6 is 11.8 Å². The summed E-state index contributed by atoms with van der Waals surface area (Å²) in [5.41, 5.74) is 9.26. The smallest absolute Gasteiger partial charge is 0.0809 e. The molecule has 0 amide bonds. The van der Waals surface area contributed by atoms with Gasteiger partial charge in [-0.3, -0.25) is 9.97 Å². The molecule has 0 spiro atoms. The molecule has 0 bridgehead atoms. The van der Waals surface area contributed by atoms with Crippen molar-refractivity contribution in [3.63, 3.8) is 0 Å². The molecule has 0 fully saturated rings. The Morgan fingerprint density at radius 2 is 0.963 bits per heavy atom. The zero-order valence-corrected chi connectivity index (χ0v) is 15.2. The van der Waals surface area contributed by atoms with E-state index < -0.39 is 0 Å². The number of nitrogens with zero attached hydrogens (tertiary/aromatic N) is 2. The van der Waals surface area contributed by atoms with Gasteiger partial charge in [-0.25, -0.2) is 0 Å². The van der Waals surface area contributed by atoms with Gasteiger partial charge in [-0.1, -0.05) is 60.3 Å². The zero-order valence-electron chi connectivity index (χ0n) is 14.4. The van der Waals surface area contributed by atoms with Crippen molar-refractivity contribution in [2.75, 3.05) is 0 Å². The summed E-state index contributed by atoms with van der Waals surface area (Å²) in [6.07, 6.45) is 3.75. The van der Waals surface area contributed by atoms with Crippen LogP contribution in [0.15, 0.2) is 95.0 Å². The molecule has 0 unspecified atom stereocenters. The largest absolute Gasteiger partial charge is 0.256 e. The maximum absolute atomic E-state index is 4.77. The normalized spacial score (nSPS) is 13.6. The van der Waals surface area contributed by atoms with Crippen LogP contribution in [0.3, 0.4) is 0 Å². The van der Waals surface area contributed by atoms with Gasteiger partial charge < -0.3 is 0 Å². The maximum atomic E-state index is 4.77. The molecule has 1 aliphatic carbocycles. The lowest BCUT2D eigenvalue weighted by molar-refractivity contribution is 1.25. The summed E-state index contributed by atoms with van der Waals surface area (Å²) in [6, 6.07) is 25.6. The van der Waals surface area contributed by atoms with E-state index in [0.29, 0.717) is 0 Å². The second kappa shape index (κ2) is 5.66. The van der Waals surface area contributed by atoms with Crippen molar-refractivity contribution in [2.45, 2.75) is 9.79 Å². The molecule has 0 atom stereocenters. The van der Waals surface area contributed by atoms with Crippen LogP contribution in [-0.4, -0.2) is 9.97 Å². The van der Waals surface area contributed by atoms with Gasteiger partial charge in [0, 0.05) is 44.5 Å². The molecule has 2 aliphatic rings. The molecular formula is C24H14N2S. The third-order valence-corrected chi connectivity index (χ3v) is 6.31. The first-order valence-corrected chi connectivity index (χ1v) is 9.75. The average Bonchev–Trinajstić information content (AvgIpc) is 3.06. The van der Waals surface area contributed by atoms with Gasteiger partial charge in [0.05, 0.1) is 11.4 Å². The minimum Gasteiger partial charge on any atom is -0.256 e. The molecule has 2 aromatic carbocycles. The van der Waals surface area contributed by atoms with E-state index >= 15 is 0 Å². The van der Waals surface area contributed by atoms with Crippen molar-refractivity contribution in [3.8, 4) is 11.1 Å². The van der Waals surface area contributed by atoms with Crippen LogP contribution in [0, 0.1) is 0 Å². The topological polar surface area (TPSA) is 25.8 Å². The molecule has 0 saturated heterocycles. The first-order chi connectivity index (χ1) is 13.4. The third kappa shape index (κ3) is 2.09.